The minimum absolute atomic E-state index is 0.117. The number of carbonyl (C=O) groups excluding carboxylic acids is 1. The third-order valence-electron chi connectivity index (χ3n) is 3.09. The fourth-order valence-corrected chi connectivity index (χ4v) is 1.65. The Morgan fingerprint density at radius 3 is 2.40 bits per heavy atom. The van der Waals surface area contributed by atoms with Crippen molar-refractivity contribution in [3.05, 3.63) is 42.5 Å². The minimum atomic E-state index is -0.532. The van der Waals surface area contributed by atoms with Crippen molar-refractivity contribution in [1.29, 1.82) is 0 Å². The van der Waals surface area contributed by atoms with Crippen molar-refractivity contribution < 1.29 is 9.90 Å². The lowest BCUT2D eigenvalue weighted by atomic mass is 10.1. The van der Waals surface area contributed by atoms with Crippen molar-refractivity contribution in [2.75, 3.05) is 6.54 Å². The van der Waals surface area contributed by atoms with E-state index >= 15 is 0 Å². The van der Waals surface area contributed by atoms with Crippen LogP contribution in [0.2, 0.25) is 0 Å². The predicted octanol–water partition coefficient (Wildman–Crippen LogP) is 1.01. The van der Waals surface area contributed by atoms with Gasteiger partial charge in [-0.3, -0.25) is 9.36 Å². The molecule has 2 aromatic rings. The third kappa shape index (κ3) is 3.42. The summed E-state index contributed by atoms with van der Waals surface area (Å²) in [6.45, 7) is 4.07. The lowest BCUT2D eigenvalue weighted by Crippen LogP contribution is -2.34. The summed E-state index contributed by atoms with van der Waals surface area (Å²) < 4.78 is 1.75. The quantitative estimate of drug-likeness (QED) is 0.853. The summed E-state index contributed by atoms with van der Waals surface area (Å²) in [7, 11) is 0. The maximum atomic E-state index is 11.9. The summed E-state index contributed by atoms with van der Waals surface area (Å²) in [6.07, 6.45) is 2.65. The average Bonchev–Trinajstić information content (AvgIpc) is 2.98. The first-order valence-corrected chi connectivity index (χ1v) is 6.49. The second-order valence-electron chi connectivity index (χ2n) is 4.94. The van der Waals surface area contributed by atoms with Crippen LogP contribution < -0.4 is 5.32 Å². The number of benzene rings is 1. The first kappa shape index (κ1) is 14.2. The molecular weight excluding hydrogens is 256 g/mol. The lowest BCUT2D eigenvalue weighted by Gasteiger charge is -2.15. The van der Waals surface area contributed by atoms with Crippen LogP contribution in [0.4, 0.5) is 0 Å². The number of aliphatic hydroxyl groups excluding tert-OH is 1. The van der Waals surface area contributed by atoms with Crippen LogP contribution in [0, 0.1) is 5.92 Å². The molecule has 106 valence electrons. The van der Waals surface area contributed by atoms with Crippen LogP contribution in [-0.4, -0.2) is 38.4 Å². The number of nitrogens with zero attached hydrogens (tertiary/aromatic N) is 3. The Hall–Kier alpha value is -2.21. The molecule has 1 unspecified atom stereocenters. The summed E-state index contributed by atoms with van der Waals surface area (Å²) >= 11 is 0. The molecule has 0 aliphatic carbocycles. The zero-order chi connectivity index (χ0) is 14.5. The van der Waals surface area contributed by atoms with Crippen LogP contribution in [0.25, 0.3) is 5.69 Å². The Balaban J connectivity index is 1.98. The summed E-state index contributed by atoms with van der Waals surface area (Å²) in [5, 5.41) is 19.8. The van der Waals surface area contributed by atoms with Crippen molar-refractivity contribution in [2.45, 2.75) is 20.0 Å². The fraction of sp³-hybridized carbons (Fsp3) is 0.357. The molecule has 2 rings (SSSR count). The Labute approximate surface area is 117 Å². The zero-order valence-corrected chi connectivity index (χ0v) is 11.5. The summed E-state index contributed by atoms with van der Waals surface area (Å²) in [4.78, 5) is 11.9. The van der Waals surface area contributed by atoms with Crippen LogP contribution >= 0.6 is 0 Å². The van der Waals surface area contributed by atoms with Crippen molar-refractivity contribution in [3.8, 4) is 5.69 Å². The van der Waals surface area contributed by atoms with E-state index in [0.717, 1.165) is 5.69 Å². The second-order valence-corrected chi connectivity index (χ2v) is 4.94. The van der Waals surface area contributed by atoms with E-state index in [4.69, 9.17) is 0 Å². The molecule has 6 heteroatoms. The van der Waals surface area contributed by atoms with Crippen LogP contribution in [0.3, 0.4) is 0 Å². The maximum absolute atomic E-state index is 11.9. The predicted molar refractivity (Wildman–Crippen MR) is 74.5 cm³/mol. The highest BCUT2D eigenvalue weighted by Crippen LogP contribution is 2.09. The highest BCUT2D eigenvalue weighted by atomic mass is 16.3. The molecule has 1 atom stereocenters. The number of carbonyl (C=O) groups is 1. The standard InChI is InChI=1S/C14H18N4O2/c1-10(2)13(19)7-15-14(20)11-3-5-12(6-4-11)18-8-16-17-9-18/h3-6,8-10,13,19H,7H2,1-2H3,(H,15,20). The van der Waals surface area contributed by atoms with E-state index in [1.807, 2.05) is 26.0 Å². The van der Waals surface area contributed by atoms with Gasteiger partial charge < -0.3 is 10.4 Å². The van der Waals surface area contributed by atoms with Gasteiger partial charge in [-0.2, -0.15) is 0 Å². The molecule has 0 aliphatic rings. The van der Waals surface area contributed by atoms with Gasteiger partial charge in [0, 0.05) is 17.8 Å². The highest BCUT2D eigenvalue weighted by molar-refractivity contribution is 5.94. The third-order valence-corrected chi connectivity index (χ3v) is 3.09. The molecule has 1 heterocycles. The van der Waals surface area contributed by atoms with Gasteiger partial charge in [-0.25, -0.2) is 0 Å². The SMILES string of the molecule is CC(C)C(O)CNC(=O)c1ccc(-n2cnnc2)cc1. The van der Waals surface area contributed by atoms with Crippen LogP contribution in [0.5, 0.6) is 0 Å². The van der Waals surface area contributed by atoms with E-state index < -0.39 is 6.10 Å². The Morgan fingerprint density at radius 2 is 1.85 bits per heavy atom. The van der Waals surface area contributed by atoms with Crippen molar-refractivity contribution in [1.82, 2.24) is 20.1 Å². The van der Waals surface area contributed by atoms with Gasteiger partial charge in [0.1, 0.15) is 12.7 Å². The normalized spacial score (nSPS) is 12.4. The zero-order valence-electron chi connectivity index (χ0n) is 11.5. The van der Waals surface area contributed by atoms with E-state index in [0.29, 0.717) is 5.56 Å². The summed E-state index contributed by atoms with van der Waals surface area (Å²) in [6, 6.07) is 7.09. The molecule has 0 saturated carbocycles. The van der Waals surface area contributed by atoms with Gasteiger partial charge in [0.25, 0.3) is 5.91 Å². The molecule has 2 N–H and O–H groups in total. The molecule has 0 spiro atoms. The molecule has 6 nitrogen and oxygen atoms in total. The molecule has 0 fully saturated rings. The number of hydrogen-bond acceptors (Lipinski definition) is 4. The van der Waals surface area contributed by atoms with Gasteiger partial charge >= 0.3 is 0 Å². The molecule has 1 aromatic heterocycles. The van der Waals surface area contributed by atoms with E-state index in [-0.39, 0.29) is 18.4 Å². The fourth-order valence-electron chi connectivity index (χ4n) is 1.65. The minimum Gasteiger partial charge on any atom is -0.391 e. The van der Waals surface area contributed by atoms with Crippen molar-refractivity contribution in [2.24, 2.45) is 5.92 Å². The highest BCUT2D eigenvalue weighted by Gasteiger charge is 2.11. The Bertz CT molecular complexity index is 549. The van der Waals surface area contributed by atoms with Gasteiger partial charge in [0.2, 0.25) is 0 Å². The van der Waals surface area contributed by atoms with Gasteiger partial charge in [0.15, 0.2) is 0 Å². The number of aliphatic hydroxyl groups is 1. The Kier molecular flexibility index (Phi) is 4.47. The molecule has 0 radical (unpaired) electrons. The van der Waals surface area contributed by atoms with E-state index in [2.05, 4.69) is 15.5 Å². The largest absolute Gasteiger partial charge is 0.391 e. The number of hydrogen-bond donors (Lipinski definition) is 2. The van der Waals surface area contributed by atoms with Gasteiger partial charge in [-0.05, 0) is 30.2 Å². The molecule has 0 aliphatic heterocycles. The lowest BCUT2D eigenvalue weighted by molar-refractivity contribution is 0.0871. The first-order chi connectivity index (χ1) is 9.58. The molecular formula is C14H18N4O2. The molecule has 0 saturated heterocycles. The van der Waals surface area contributed by atoms with Crippen LogP contribution in [0.1, 0.15) is 24.2 Å². The van der Waals surface area contributed by atoms with Gasteiger partial charge in [0.05, 0.1) is 6.10 Å². The average molecular weight is 274 g/mol. The topological polar surface area (TPSA) is 80.0 Å². The summed E-state index contributed by atoms with van der Waals surface area (Å²) in [5.74, 6) is -0.0774. The number of nitrogens with one attached hydrogen (secondary N) is 1. The van der Waals surface area contributed by atoms with E-state index in [1.54, 1.807) is 29.4 Å². The number of amides is 1. The number of aromatic nitrogens is 3. The molecule has 1 aromatic carbocycles. The maximum Gasteiger partial charge on any atom is 0.251 e. The van der Waals surface area contributed by atoms with Gasteiger partial charge in [-0.1, -0.05) is 13.8 Å². The smallest absolute Gasteiger partial charge is 0.251 e. The van der Waals surface area contributed by atoms with Crippen LogP contribution in [-0.2, 0) is 0 Å². The number of rotatable bonds is 5. The molecule has 20 heavy (non-hydrogen) atoms. The monoisotopic (exact) mass is 274 g/mol. The van der Waals surface area contributed by atoms with E-state index in [9.17, 15) is 9.90 Å². The second kappa shape index (κ2) is 6.29. The van der Waals surface area contributed by atoms with E-state index in [1.165, 1.54) is 0 Å². The molecule has 0 bridgehead atoms. The van der Waals surface area contributed by atoms with Crippen molar-refractivity contribution in [3.63, 3.8) is 0 Å². The van der Waals surface area contributed by atoms with Crippen molar-refractivity contribution >= 4 is 5.91 Å². The first-order valence-electron chi connectivity index (χ1n) is 6.49. The van der Waals surface area contributed by atoms with Gasteiger partial charge in [-0.15, -0.1) is 10.2 Å². The Morgan fingerprint density at radius 1 is 1.25 bits per heavy atom. The van der Waals surface area contributed by atoms with Crippen LogP contribution in [0.15, 0.2) is 36.9 Å². The summed E-state index contributed by atoms with van der Waals surface area (Å²) in [5.41, 5.74) is 1.44. The molecule has 1 amide bonds.